The number of hydrogen-bond acceptors (Lipinski definition) is 2. The Balaban J connectivity index is 2.12. The van der Waals surface area contributed by atoms with Gasteiger partial charge in [-0.15, -0.1) is 0 Å². The lowest BCUT2D eigenvalue weighted by Crippen LogP contribution is -2.61. The molecule has 1 saturated carbocycles. The molecule has 0 bridgehead atoms. The van der Waals surface area contributed by atoms with Gasteiger partial charge in [0.15, 0.2) is 0 Å². The summed E-state index contributed by atoms with van der Waals surface area (Å²) in [7, 11) is 0. The van der Waals surface area contributed by atoms with Gasteiger partial charge in [0.2, 0.25) is 0 Å². The standard InChI is InChI=1S/C27H46N2/c1-9-11-13-15-28-22-17-20(3)21(4)18-23(22)29(16-14-12-10-2)25-24(28)26(5,6)19-27(25,7)8/h17-18,24-25H,9-16,19H2,1-8H3/t24-,25+. The summed E-state index contributed by atoms with van der Waals surface area (Å²) >= 11 is 0. The molecule has 1 aromatic carbocycles. The second-order valence-corrected chi connectivity index (χ2v) is 11.3. The molecule has 2 nitrogen and oxygen atoms in total. The van der Waals surface area contributed by atoms with Crippen LogP contribution in [0.15, 0.2) is 12.1 Å². The number of fused-ring (bicyclic) bond motifs is 2. The molecular formula is C27H46N2. The molecule has 1 heterocycles. The van der Waals surface area contributed by atoms with Crippen LogP contribution in [0.2, 0.25) is 0 Å². The Morgan fingerprint density at radius 1 is 0.724 bits per heavy atom. The molecule has 0 radical (unpaired) electrons. The van der Waals surface area contributed by atoms with Crippen molar-refractivity contribution in [1.29, 1.82) is 0 Å². The fraction of sp³-hybridized carbons (Fsp3) is 0.778. The minimum Gasteiger partial charge on any atom is -0.364 e. The van der Waals surface area contributed by atoms with E-state index < -0.39 is 0 Å². The first-order chi connectivity index (χ1) is 13.6. The summed E-state index contributed by atoms with van der Waals surface area (Å²) in [6.45, 7) is 21.7. The van der Waals surface area contributed by atoms with Crippen LogP contribution in [0.5, 0.6) is 0 Å². The second kappa shape index (κ2) is 8.52. The third-order valence-corrected chi connectivity index (χ3v) is 7.70. The highest BCUT2D eigenvalue weighted by atomic mass is 15.3. The van der Waals surface area contributed by atoms with Crippen molar-refractivity contribution in [3.63, 3.8) is 0 Å². The zero-order valence-electron chi connectivity index (χ0n) is 20.6. The van der Waals surface area contributed by atoms with Gasteiger partial charge in [-0.2, -0.15) is 0 Å². The molecule has 0 amide bonds. The van der Waals surface area contributed by atoms with Crippen molar-refractivity contribution in [1.82, 2.24) is 0 Å². The Labute approximate surface area is 181 Å². The zero-order valence-corrected chi connectivity index (χ0v) is 20.6. The molecular weight excluding hydrogens is 352 g/mol. The summed E-state index contributed by atoms with van der Waals surface area (Å²) in [6.07, 6.45) is 9.16. The van der Waals surface area contributed by atoms with Crippen LogP contribution < -0.4 is 9.80 Å². The van der Waals surface area contributed by atoms with E-state index in [1.165, 1.54) is 80.5 Å². The van der Waals surface area contributed by atoms with E-state index in [0.29, 0.717) is 22.9 Å². The van der Waals surface area contributed by atoms with Gasteiger partial charge < -0.3 is 9.80 Å². The van der Waals surface area contributed by atoms with E-state index in [1.54, 1.807) is 0 Å². The molecule has 29 heavy (non-hydrogen) atoms. The molecule has 1 aromatic rings. The topological polar surface area (TPSA) is 6.48 Å². The molecule has 1 aliphatic carbocycles. The molecule has 2 atom stereocenters. The maximum Gasteiger partial charge on any atom is 0.0610 e. The number of anilines is 2. The van der Waals surface area contributed by atoms with Gasteiger partial charge in [-0.05, 0) is 67.2 Å². The number of unbranched alkanes of at least 4 members (excludes halogenated alkanes) is 4. The fourth-order valence-electron chi connectivity index (χ4n) is 6.55. The van der Waals surface area contributed by atoms with Crippen molar-refractivity contribution in [2.75, 3.05) is 22.9 Å². The molecule has 0 aromatic heterocycles. The Kier molecular flexibility index (Phi) is 6.61. The lowest BCUT2D eigenvalue weighted by atomic mass is 9.82. The van der Waals surface area contributed by atoms with Gasteiger partial charge in [0.05, 0.1) is 23.5 Å². The van der Waals surface area contributed by atoms with Crippen LogP contribution in [-0.2, 0) is 0 Å². The molecule has 0 N–H and O–H groups in total. The molecule has 3 rings (SSSR count). The maximum atomic E-state index is 2.84. The van der Waals surface area contributed by atoms with Gasteiger partial charge in [-0.25, -0.2) is 0 Å². The smallest absolute Gasteiger partial charge is 0.0610 e. The predicted octanol–water partition coefficient (Wildman–Crippen LogP) is 7.50. The van der Waals surface area contributed by atoms with Gasteiger partial charge in [0.1, 0.15) is 0 Å². The summed E-state index contributed by atoms with van der Waals surface area (Å²) in [5, 5.41) is 0. The monoisotopic (exact) mass is 398 g/mol. The number of aryl methyl sites for hydroxylation is 2. The maximum absolute atomic E-state index is 2.84. The Morgan fingerprint density at radius 3 is 1.45 bits per heavy atom. The van der Waals surface area contributed by atoms with Crippen LogP contribution in [0.4, 0.5) is 11.4 Å². The fourth-order valence-corrected chi connectivity index (χ4v) is 6.55. The van der Waals surface area contributed by atoms with Gasteiger partial charge in [-0.3, -0.25) is 0 Å². The first kappa shape index (κ1) is 22.5. The van der Waals surface area contributed by atoms with Crippen LogP contribution in [0.25, 0.3) is 0 Å². The lowest BCUT2D eigenvalue weighted by molar-refractivity contribution is 0.285. The van der Waals surface area contributed by atoms with Crippen molar-refractivity contribution in [3.8, 4) is 0 Å². The third kappa shape index (κ3) is 4.19. The summed E-state index contributed by atoms with van der Waals surface area (Å²) in [5.41, 5.74) is 6.55. The summed E-state index contributed by atoms with van der Waals surface area (Å²) < 4.78 is 0. The first-order valence-corrected chi connectivity index (χ1v) is 12.3. The molecule has 2 aliphatic rings. The van der Waals surface area contributed by atoms with Crippen molar-refractivity contribution in [2.45, 2.75) is 112 Å². The van der Waals surface area contributed by atoms with Crippen LogP contribution in [-0.4, -0.2) is 25.2 Å². The average Bonchev–Trinajstić information content (AvgIpc) is 2.82. The van der Waals surface area contributed by atoms with Crippen LogP contribution in [0.1, 0.15) is 97.6 Å². The van der Waals surface area contributed by atoms with Crippen molar-refractivity contribution in [3.05, 3.63) is 23.3 Å². The molecule has 0 unspecified atom stereocenters. The van der Waals surface area contributed by atoms with Gasteiger partial charge in [-0.1, -0.05) is 67.2 Å². The number of hydrogen-bond donors (Lipinski definition) is 0. The Morgan fingerprint density at radius 2 is 1.10 bits per heavy atom. The number of nitrogens with zero attached hydrogens (tertiary/aromatic N) is 2. The molecule has 0 spiro atoms. The number of benzene rings is 1. The minimum absolute atomic E-state index is 0.333. The molecule has 1 aliphatic heterocycles. The molecule has 164 valence electrons. The van der Waals surface area contributed by atoms with E-state index in [-0.39, 0.29) is 0 Å². The van der Waals surface area contributed by atoms with E-state index in [4.69, 9.17) is 0 Å². The molecule has 2 heteroatoms. The van der Waals surface area contributed by atoms with Gasteiger partial charge >= 0.3 is 0 Å². The molecule has 1 fully saturated rings. The van der Waals surface area contributed by atoms with E-state index in [0.717, 1.165) is 0 Å². The number of rotatable bonds is 8. The van der Waals surface area contributed by atoms with Gasteiger partial charge in [0, 0.05) is 13.1 Å². The average molecular weight is 399 g/mol. The highest BCUT2D eigenvalue weighted by molar-refractivity contribution is 5.77. The van der Waals surface area contributed by atoms with Crippen LogP contribution in [0.3, 0.4) is 0 Å². The highest BCUT2D eigenvalue weighted by Crippen LogP contribution is 2.58. The summed E-state index contributed by atoms with van der Waals surface area (Å²) in [5.74, 6) is 0. The molecule has 0 saturated heterocycles. The lowest BCUT2D eigenvalue weighted by Gasteiger charge is -2.53. The minimum atomic E-state index is 0.333. The Hall–Kier alpha value is -1.18. The van der Waals surface area contributed by atoms with Crippen molar-refractivity contribution < 1.29 is 0 Å². The zero-order chi connectivity index (χ0) is 21.4. The first-order valence-electron chi connectivity index (χ1n) is 12.3. The highest BCUT2D eigenvalue weighted by Gasteiger charge is 2.59. The summed E-state index contributed by atoms with van der Waals surface area (Å²) in [6, 6.07) is 6.21. The third-order valence-electron chi connectivity index (χ3n) is 7.70. The van der Waals surface area contributed by atoms with Crippen LogP contribution >= 0.6 is 0 Å². The Bertz CT molecular complexity index is 644. The van der Waals surface area contributed by atoms with Crippen LogP contribution in [0, 0.1) is 24.7 Å². The quantitative estimate of drug-likeness (QED) is 0.418. The second-order valence-electron chi connectivity index (χ2n) is 11.3. The summed E-state index contributed by atoms with van der Waals surface area (Å²) in [4.78, 5) is 5.68. The van der Waals surface area contributed by atoms with Gasteiger partial charge in [0.25, 0.3) is 0 Å². The SMILES string of the molecule is CCCCCN1c2cc(C)c(C)cc2N(CCCCC)[C@@H]2[C@H]1C(C)(C)CC2(C)C. The van der Waals surface area contributed by atoms with E-state index in [1.807, 2.05) is 0 Å². The van der Waals surface area contributed by atoms with Crippen molar-refractivity contribution in [2.24, 2.45) is 10.8 Å². The predicted molar refractivity (Wildman–Crippen MR) is 129 cm³/mol. The van der Waals surface area contributed by atoms with Crippen molar-refractivity contribution >= 4 is 11.4 Å². The van der Waals surface area contributed by atoms with E-state index in [2.05, 4.69) is 77.3 Å². The van der Waals surface area contributed by atoms with E-state index >= 15 is 0 Å². The van der Waals surface area contributed by atoms with E-state index in [9.17, 15) is 0 Å². The normalized spacial score (nSPS) is 24.6. The largest absolute Gasteiger partial charge is 0.364 e.